The first-order valence-corrected chi connectivity index (χ1v) is 8.13. The Hall–Kier alpha value is -0.990. The summed E-state index contributed by atoms with van der Waals surface area (Å²) in [4.78, 5) is 26.7. The number of thioether (sulfide) groups is 2. The van der Waals surface area contributed by atoms with E-state index in [2.05, 4.69) is 4.90 Å². The largest absolute Gasteiger partial charge is 0.480 e. The van der Waals surface area contributed by atoms with Gasteiger partial charge in [0.15, 0.2) is 0 Å². The van der Waals surface area contributed by atoms with Gasteiger partial charge in [0, 0.05) is 19.3 Å². The van der Waals surface area contributed by atoms with Crippen LogP contribution in [0.1, 0.15) is 6.92 Å². The van der Waals surface area contributed by atoms with Gasteiger partial charge < -0.3 is 10.0 Å². The Morgan fingerprint density at radius 2 is 2.25 bits per heavy atom. The molecule has 0 saturated carbocycles. The van der Waals surface area contributed by atoms with Crippen molar-refractivity contribution in [2.75, 3.05) is 25.9 Å². The fourth-order valence-electron chi connectivity index (χ4n) is 1.82. The minimum absolute atomic E-state index is 0.303. The van der Waals surface area contributed by atoms with Gasteiger partial charge in [-0.3, -0.25) is 14.5 Å². The molecule has 2 saturated heterocycles. The van der Waals surface area contributed by atoms with Gasteiger partial charge in [0.2, 0.25) is 0 Å². The molecule has 2 fully saturated rings. The number of rotatable bonds is 3. The Morgan fingerprint density at radius 3 is 2.80 bits per heavy atom. The van der Waals surface area contributed by atoms with Crippen molar-refractivity contribution >= 4 is 51.9 Å². The van der Waals surface area contributed by atoms with Crippen LogP contribution in [0.2, 0.25) is 0 Å². The molecule has 8 heteroatoms. The van der Waals surface area contributed by atoms with E-state index in [1.165, 1.54) is 11.8 Å². The van der Waals surface area contributed by atoms with Crippen molar-refractivity contribution in [3.63, 3.8) is 0 Å². The summed E-state index contributed by atoms with van der Waals surface area (Å²) < 4.78 is 0.303. The fourth-order valence-corrected chi connectivity index (χ4v) is 4.22. The summed E-state index contributed by atoms with van der Waals surface area (Å²) in [6.07, 6.45) is 1.96. The van der Waals surface area contributed by atoms with Gasteiger partial charge in [-0.05, 0) is 18.6 Å². The molecule has 108 valence electrons. The van der Waals surface area contributed by atoms with Gasteiger partial charge >= 0.3 is 5.97 Å². The molecule has 0 aromatic heterocycles. The lowest BCUT2D eigenvalue weighted by Crippen LogP contribution is -2.33. The predicted molar refractivity (Wildman–Crippen MR) is 85.4 cm³/mol. The van der Waals surface area contributed by atoms with Crippen molar-refractivity contribution in [2.24, 2.45) is 0 Å². The van der Waals surface area contributed by atoms with Crippen LogP contribution in [-0.4, -0.2) is 57.0 Å². The van der Waals surface area contributed by atoms with E-state index in [0.717, 1.165) is 27.8 Å². The number of allylic oxidation sites excluding steroid dienone is 2. The minimum Gasteiger partial charge on any atom is -0.480 e. The first-order chi connectivity index (χ1) is 9.40. The number of carboxylic acids is 1. The Balaban J connectivity index is 2.24. The molecule has 0 spiro atoms. The molecule has 2 aliphatic rings. The maximum absolute atomic E-state index is 12.2. The minimum atomic E-state index is -1.07. The monoisotopic (exact) mass is 330 g/mol. The van der Waals surface area contributed by atoms with Gasteiger partial charge in [-0.25, -0.2) is 0 Å². The van der Waals surface area contributed by atoms with Crippen molar-refractivity contribution in [3.8, 4) is 0 Å². The van der Waals surface area contributed by atoms with Crippen LogP contribution in [0.3, 0.4) is 0 Å². The topological polar surface area (TPSA) is 60.9 Å². The van der Waals surface area contributed by atoms with E-state index in [4.69, 9.17) is 17.3 Å². The van der Waals surface area contributed by atoms with E-state index in [1.807, 2.05) is 20.0 Å². The second-order valence-electron chi connectivity index (χ2n) is 4.42. The molecule has 2 rings (SSSR count). The van der Waals surface area contributed by atoms with E-state index in [9.17, 15) is 9.59 Å². The van der Waals surface area contributed by atoms with E-state index in [1.54, 1.807) is 11.8 Å². The second kappa shape index (κ2) is 6.19. The summed E-state index contributed by atoms with van der Waals surface area (Å²) in [6.45, 7) is 2.46. The lowest BCUT2D eigenvalue weighted by atomic mass is 10.2. The van der Waals surface area contributed by atoms with Crippen molar-refractivity contribution in [2.45, 2.75) is 6.92 Å². The number of hydrogen-bond donors (Lipinski definition) is 1. The van der Waals surface area contributed by atoms with Gasteiger partial charge in [0.05, 0.1) is 9.93 Å². The zero-order valence-electron chi connectivity index (χ0n) is 11.1. The summed E-state index contributed by atoms with van der Waals surface area (Å²) in [5.41, 5.74) is 0.825. The van der Waals surface area contributed by atoms with Crippen LogP contribution in [0.4, 0.5) is 0 Å². The van der Waals surface area contributed by atoms with Crippen LogP contribution in [0.15, 0.2) is 21.6 Å². The summed E-state index contributed by atoms with van der Waals surface area (Å²) in [5.74, 6) is -0.345. The summed E-state index contributed by atoms with van der Waals surface area (Å²) in [5, 5.41) is 9.91. The number of thiocarbonyl (C=S) groups is 1. The van der Waals surface area contributed by atoms with Crippen LogP contribution in [0, 0.1) is 0 Å². The molecule has 20 heavy (non-hydrogen) atoms. The predicted octanol–water partition coefficient (Wildman–Crippen LogP) is 1.73. The maximum atomic E-state index is 12.2. The number of carbonyl (C=O) groups excluding carboxylic acids is 1. The maximum Gasteiger partial charge on any atom is 0.323 e. The molecule has 2 aliphatic heterocycles. The highest BCUT2D eigenvalue weighted by Gasteiger charge is 2.34. The molecule has 1 N–H and O–H groups in total. The Bertz CT molecular complexity index is 542. The number of carbonyl (C=O) groups is 2. The molecule has 0 atom stereocenters. The van der Waals surface area contributed by atoms with Gasteiger partial charge in [-0.2, -0.15) is 0 Å². The van der Waals surface area contributed by atoms with E-state index in [0.29, 0.717) is 9.23 Å². The van der Waals surface area contributed by atoms with Gasteiger partial charge in [0.1, 0.15) is 10.9 Å². The first-order valence-electron chi connectivity index (χ1n) is 5.92. The quantitative estimate of drug-likeness (QED) is 0.624. The highest BCUT2D eigenvalue weighted by Crippen LogP contribution is 2.35. The van der Waals surface area contributed by atoms with Crippen LogP contribution < -0.4 is 0 Å². The average molecular weight is 330 g/mol. The zero-order chi connectivity index (χ0) is 14.9. The third kappa shape index (κ3) is 3.18. The molecule has 0 unspecified atom stereocenters. The summed E-state index contributed by atoms with van der Waals surface area (Å²) in [7, 11) is 2.01. The second-order valence-corrected chi connectivity index (χ2v) is 7.18. The van der Waals surface area contributed by atoms with Crippen molar-refractivity contribution in [3.05, 3.63) is 21.6 Å². The third-order valence-corrected chi connectivity index (χ3v) is 5.57. The van der Waals surface area contributed by atoms with Crippen LogP contribution in [0.25, 0.3) is 0 Å². The number of hydrogen-bond acceptors (Lipinski definition) is 6. The zero-order valence-corrected chi connectivity index (χ0v) is 13.5. The molecule has 0 aromatic rings. The smallest absolute Gasteiger partial charge is 0.323 e. The molecule has 1 amide bonds. The highest BCUT2D eigenvalue weighted by molar-refractivity contribution is 8.26. The van der Waals surface area contributed by atoms with Gasteiger partial charge in [-0.15, -0.1) is 11.8 Å². The van der Waals surface area contributed by atoms with Crippen LogP contribution >= 0.6 is 35.7 Å². The fraction of sp³-hybridized carbons (Fsp3) is 0.417. The molecular formula is C12H14N2O3S3. The Morgan fingerprint density at radius 1 is 1.55 bits per heavy atom. The number of amides is 1. The van der Waals surface area contributed by atoms with E-state index < -0.39 is 5.97 Å². The molecule has 0 bridgehead atoms. The summed E-state index contributed by atoms with van der Waals surface area (Å²) in [6, 6.07) is 0. The van der Waals surface area contributed by atoms with Gasteiger partial charge in [0.25, 0.3) is 5.91 Å². The molecule has 2 heterocycles. The normalized spacial score (nSPS) is 24.0. The summed E-state index contributed by atoms with van der Waals surface area (Å²) >= 11 is 7.98. The van der Waals surface area contributed by atoms with E-state index >= 15 is 0 Å². The highest BCUT2D eigenvalue weighted by atomic mass is 32.2. The lowest BCUT2D eigenvalue weighted by Gasteiger charge is -2.12. The third-order valence-electron chi connectivity index (χ3n) is 2.89. The Kier molecular flexibility index (Phi) is 4.77. The average Bonchev–Trinajstić information content (AvgIpc) is 2.88. The molecule has 0 aliphatic carbocycles. The van der Waals surface area contributed by atoms with Crippen molar-refractivity contribution in [1.29, 1.82) is 0 Å². The number of carboxylic acid groups (broad SMARTS) is 1. The molecular weight excluding hydrogens is 316 g/mol. The van der Waals surface area contributed by atoms with Crippen LogP contribution in [-0.2, 0) is 9.59 Å². The first kappa shape index (κ1) is 15.4. The van der Waals surface area contributed by atoms with Crippen LogP contribution in [0.5, 0.6) is 0 Å². The van der Waals surface area contributed by atoms with Crippen molar-refractivity contribution in [1.82, 2.24) is 9.80 Å². The SMILES string of the molecule is CC(C=C1SCCN1C)=C1SC(=S)N(CC(=O)O)C1=O. The number of nitrogens with zero attached hydrogens (tertiary/aromatic N) is 2. The van der Waals surface area contributed by atoms with Gasteiger partial charge in [-0.1, -0.05) is 24.0 Å². The Labute approximate surface area is 131 Å². The van der Waals surface area contributed by atoms with Crippen molar-refractivity contribution < 1.29 is 14.7 Å². The van der Waals surface area contributed by atoms with E-state index in [-0.39, 0.29) is 12.5 Å². The standard InChI is InChI=1S/C12H14N2O3S3/c1-7(5-8-13(2)3-4-19-8)10-11(17)14(6-9(15)16)12(18)20-10/h5H,3-4,6H2,1-2H3,(H,15,16). The number of aliphatic carboxylic acids is 1. The lowest BCUT2D eigenvalue weighted by molar-refractivity contribution is -0.140. The molecule has 5 nitrogen and oxygen atoms in total. The molecule has 0 radical (unpaired) electrons. The molecule has 0 aromatic carbocycles.